The Morgan fingerprint density at radius 1 is 1.24 bits per heavy atom. The number of carbonyl (C=O) groups excluding carboxylic acids is 1. The lowest BCUT2D eigenvalue weighted by atomic mass is 10.1. The SMILES string of the molecule is Cc1ccc(C)c(CC(=O)c2cccnc2)n1. The highest BCUT2D eigenvalue weighted by Crippen LogP contribution is 2.10. The number of pyridine rings is 2. The van der Waals surface area contributed by atoms with Crippen LogP contribution in [0.15, 0.2) is 36.7 Å². The van der Waals surface area contributed by atoms with Crippen LogP contribution in [0.25, 0.3) is 0 Å². The number of ketones is 1. The zero-order valence-electron chi connectivity index (χ0n) is 9.97. The standard InChI is InChI=1S/C14H14N2O/c1-10-5-6-11(2)16-13(10)8-14(17)12-4-3-7-15-9-12/h3-7,9H,8H2,1-2H3. The number of rotatable bonds is 3. The molecular formula is C14H14N2O. The number of hydrogen-bond donors (Lipinski definition) is 0. The number of nitrogens with zero attached hydrogens (tertiary/aromatic N) is 2. The summed E-state index contributed by atoms with van der Waals surface area (Å²) in [4.78, 5) is 20.3. The van der Waals surface area contributed by atoms with Gasteiger partial charge in [0.15, 0.2) is 5.78 Å². The minimum atomic E-state index is 0.0549. The van der Waals surface area contributed by atoms with Crippen LogP contribution >= 0.6 is 0 Å². The number of Topliss-reactive ketones (excluding diaryl/α,β-unsaturated/α-hetero) is 1. The summed E-state index contributed by atoms with van der Waals surface area (Å²) in [6.45, 7) is 3.90. The van der Waals surface area contributed by atoms with Gasteiger partial charge in [-0.15, -0.1) is 0 Å². The van der Waals surface area contributed by atoms with Gasteiger partial charge in [-0.25, -0.2) is 0 Å². The minimum absolute atomic E-state index is 0.0549. The summed E-state index contributed by atoms with van der Waals surface area (Å²) in [5.74, 6) is 0.0549. The van der Waals surface area contributed by atoms with E-state index in [0.717, 1.165) is 17.0 Å². The molecule has 0 amide bonds. The van der Waals surface area contributed by atoms with Crippen molar-refractivity contribution in [2.45, 2.75) is 20.3 Å². The van der Waals surface area contributed by atoms with Crippen molar-refractivity contribution in [3.63, 3.8) is 0 Å². The van der Waals surface area contributed by atoms with Crippen molar-refractivity contribution in [2.24, 2.45) is 0 Å². The fourth-order valence-electron chi connectivity index (χ4n) is 1.64. The highest BCUT2D eigenvalue weighted by molar-refractivity contribution is 5.97. The molecule has 0 radical (unpaired) electrons. The molecule has 0 aromatic carbocycles. The van der Waals surface area contributed by atoms with Gasteiger partial charge < -0.3 is 0 Å². The van der Waals surface area contributed by atoms with Crippen LogP contribution in [0.2, 0.25) is 0 Å². The van der Waals surface area contributed by atoms with Gasteiger partial charge in [-0.3, -0.25) is 14.8 Å². The van der Waals surface area contributed by atoms with E-state index in [0.29, 0.717) is 12.0 Å². The van der Waals surface area contributed by atoms with E-state index in [4.69, 9.17) is 0 Å². The van der Waals surface area contributed by atoms with Crippen molar-refractivity contribution >= 4 is 5.78 Å². The molecule has 0 fully saturated rings. The van der Waals surface area contributed by atoms with E-state index in [1.165, 1.54) is 0 Å². The van der Waals surface area contributed by atoms with Gasteiger partial charge >= 0.3 is 0 Å². The molecule has 3 heteroatoms. The first-order valence-corrected chi connectivity index (χ1v) is 5.53. The lowest BCUT2D eigenvalue weighted by molar-refractivity contribution is 0.0991. The Morgan fingerprint density at radius 3 is 2.76 bits per heavy atom. The number of aromatic nitrogens is 2. The zero-order valence-corrected chi connectivity index (χ0v) is 9.97. The van der Waals surface area contributed by atoms with Crippen molar-refractivity contribution in [2.75, 3.05) is 0 Å². The maximum absolute atomic E-state index is 12.0. The number of hydrogen-bond acceptors (Lipinski definition) is 3. The second kappa shape index (κ2) is 4.87. The molecule has 0 unspecified atom stereocenters. The topological polar surface area (TPSA) is 42.9 Å². The molecule has 0 saturated carbocycles. The average Bonchev–Trinajstić information content (AvgIpc) is 2.35. The Morgan fingerprint density at radius 2 is 2.06 bits per heavy atom. The van der Waals surface area contributed by atoms with Gasteiger partial charge in [0.25, 0.3) is 0 Å². The average molecular weight is 226 g/mol. The molecule has 0 atom stereocenters. The first-order valence-electron chi connectivity index (χ1n) is 5.53. The molecule has 2 aromatic rings. The molecule has 17 heavy (non-hydrogen) atoms. The highest BCUT2D eigenvalue weighted by atomic mass is 16.1. The fraction of sp³-hybridized carbons (Fsp3) is 0.214. The monoisotopic (exact) mass is 226 g/mol. The molecule has 0 aliphatic rings. The maximum atomic E-state index is 12.0. The second-order valence-corrected chi connectivity index (χ2v) is 4.06. The van der Waals surface area contributed by atoms with Gasteiger partial charge in [0.05, 0.1) is 12.1 Å². The Labute approximate surface area is 101 Å². The molecule has 0 spiro atoms. The molecule has 0 saturated heterocycles. The molecule has 2 aromatic heterocycles. The summed E-state index contributed by atoms with van der Waals surface area (Å²) in [6, 6.07) is 7.49. The molecule has 0 aliphatic carbocycles. The van der Waals surface area contributed by atoms with Gasteiger partial charge in [-0.1, -0.05) is 6.07 Å². The summed E-state index contributed by atoms with van der Waals surface area (Å²) in [5, 5.41) is 0. The van der Waals surface area contributed by atoms with E-state index < -0.39 is 0 Å². The molecule has 86 valence electrons. The van der Waals surface area contributed by atoms with E-state index >= 15 is 0 Å². The summed E-state index contributed by atoms with van der Waals surface area (Å²) in [7, 11) is 0. The van der Waals surface area contributed by atoms with E-state index in [1.54, 1.807) is 24.5 Å². The third-order valence-electron chi connectivity index (χ3n) is 2.65. The van der Waals surface area contributed by atoms with Crippen LogP contribution in [0.5, 0.6) is 0 Å². The quantitative estimate of drug-likeness (QED) is 0.755. The molecule has 0 bridgehead atoms. The van der Waals surface area contributed by atoms with Crippen LogP contribution in [0.4, 0.5) is 0 Å². The van der Waals surface area contributed by atoms with Crippen molar-refractivity contribution < 1.29 is 4.79 Å². The highest BCUT2D eigenvalue weighted by Gasteiger charge is 2.10. The van der Waals surface area contributed by atoms with Gasteiger partial charge in [-0.05, 0) is 37.6 Å². The molecular weight excluding hydrogens is 212 g/mol. The van der Waals surface area contributed by atoms with Gasteiger partial charge in [0.2, 0.25) is 0 Å². The Balaban J connectivity index is 2.22. The number of aryl methyl sites for hydroxylation is 2. The van der Waals surface area contributed by atoms with Crippen molar-refractivity contribution in [1.29, 1.82) is 0 Å². The van der Waals surface area contributed by atoms with Crippen molar-refractivity contribution in [3.8, 4) is 0 Å². The molecule has 0 N–H and O–H groups in total. The van der Waals surface area contributed by atoms with Crippen LogP contribution in [0, 0.1) is 13.8 Å². The number of carbonyl (C=O) groups is 1. The lowest BCUT2D eigenvalue weighted by Gasteiger charge is -2.05. The third kappa shape index (κ3) is 2.75. The van der Waals surface area contributed by atoms with Crippen LogP contribution < -0.4 is 0 Å². The molecule has 2 heterocycles. The predicted octanol–water partition coefficient (Wildman–Crippen LogP) is 2.52. The Bertz CT molecular complexity index is 535. The summed E-state index contributed by atoms with van der Waals surface area (Å²) in [6.07, 6.45) is 3.58. The Kier molecular flexibility index (Phi) is 3.28. The smallest absolute Gasteiger partial charge is 0.170 e. The van der Waals surface area contributed by atoms with Crippen LogP contribution in [-0.4, -0.2) is 15.8 Å². The third-order valence-corrected chi connectivity index (χ3v) is 2.65. The van der Waals surface area contributed by atoms with Crippen LogP contribution in [-0.2, 0) is 6.42 Å². The van der Waals surface area contributed by atoms with Crippen molar-refractivity contribution in [1.82, 2.24) is 9.97 Å². The molecule has 0 aliphatic heterocycles. The lowest BCUT2D eigenvalue weighted by Crippen LogP contribution is -2.07. The van der Waals surface area contributed by atoms with Crippen molar-refractivity contribution in [3.05, 3.63) is 59.2 Å². The summed E-state index contributed by atoms with van der Waals surface area (Å²) < 4.78 is 0. The first kappa shape index (κ1) is 11.5. The Hall–Kier alpha value is -2.03. The second-order valence-electron chi connectivity index (χ2n) is 4.06. The van der Waals surface area contributed by atoms with E-state index in [1.807, 2.05) is 26.0 Å². The van der Waals surface area contributed by atoms with Crippen LogP contribution in [0.1, 0.15) is 27.3 Å². The van der Waals surface area contributed by atoms with Gasteiger partial charge in [-0.2, -0.15) is 0 Å². The first-order chi connectivity index (χ1) is 8.16. The maximum Gasteiger partial charge on any atom is 0.170 e. The van der Waals surface area contributed by atoms with Crippen LogP contribution in [0.3, 0.4) is 0 Å². The van der Waals surface area contributed by atoms with Gasteiger partial charge in [0.1, 0.15) is 0 Å². The van der Waals surface area contributed by atoms with E-state index in [2.05, 4.69) is 9.97 Å². The minimum Gasteiger partial charge on any atom is -0.294 e. The van der Waals surface area contributed by atoms with E-state index in [-0.39, 0.29) is 5.78 Å². The zero-order chi connectivity index (χ0) is 12.3. The summed E-state index contributed by atoms with van der Waals surface area (Å²) in [5.41, 5.74) is 3.46. The summed E-state index contributed by atoms with van der Waals surface area (Å²) >= 11 is 0. The normalized spacial score (nSPS) is 10.2. The predicted molar refractivity (Wildman–Crippen MR) is 66.0 cm³/mol. The fourth-order valence-corrected chi connectivity index (χ4v) is 1.64. The van der Waals surface area contributed by atoms with Gasteiger partial charge in [0, 0.05) is 23.7 Å². The molecule has 3 nitrogen and oxygen atoms in total. The largest absolute Gasteiger partial charge is 0.294 e. The molecule has 2 rings (SSSR count). The van der Waals surface area contributed by atoms with E-state index in [9.17, 15) is 4.79 Å².